The van der Waals surface area contributed by atoms with E-state index in [9.17, 15) is 22.8 Å². The number of aryl methyl sites for hydroxylation is 1. The lowest BCUT2D eigenvalue weighted by molar-refractivity contribution is -0.126. The van der Waals surface area contributed by atoms with Crippen molar-refractivity contribution in [2.75, 3.05) is 29.3 Å². The van der Waals surface area contributed by atoms with Gasteiger partial charge in [0.2, 0.25) is 0 Å². The highest BCUT2D eigenvalue weighted by molar-refractivity contribution is 7.92. The minimum atomic E-state index is -4.12. The first-order valence-corrected chi connectivity index (χ1v) is 10.4. The maximum absolute atomic E-state index is 13.3. The number of nitrogens with one attached hydrogen (secondary N) is 1. The number of ether oxygens (including phenoxy) is 2. The standard InChI is InChI=1S/C17H17N5O8S/c1-20-8-12(5-18-20)31(27,28)22-7-11(6-21-15(23)9-29-17(21)26)30-14-3-2-10(4-13(14)22)19-16(24)25/h2-5,8,11,19H,6-7,9H2,1H3,(H,24,25)/t11-/m0/s1. The van der Waals surface area contributed by atoms with Gasteiger partial charge in [-0.15, -0.1) is 0 Å². The van der Waals surface area contributed by atoms with Gasteiger partial charge in [0.25, 0.3) is 15.9 Å². The van der Waals surface area contributed by atoms with Gasteiger partial charge in [-0.2, -0.15) is 5.10 Å². The number of benzene rings is 1. The summed E-state index contributed by atoms with van der Waals surface area (Å²) < 4.78 is 39.5. The van der Waals surface area contributed by atoms with E-state index in [-0.39, 0.29) is 41.7 Å². The molecular formula is C17H17N5O8S. The average molecular weight is 451 g/mol. The van der Waals surface area contributed by atoms with Crippen molar-refractivity contribution in [2.24, 2.45) is 7.05 Å². The van der Waals surface area contributed by atoms with Crippen LogP contribution < -0.4 is 14.4 Å². The Hall–Kier alpha value is -3.81. The first-order chi connectivity index (χ1) is 14.6. The Morgan fingerprint density at radius 3 is 2.74 bits per heavy atom. The molecule has 2 aliphatic rings. The van der Waals surface area contributed by atoms with Crippen LogP contribution in [0.25, 0.3) is 0 Å². The number of carboxylic acid groups (broad SMARTS) is 1. The molecule has 2 aliphatic heterocycles. The van der Waals surface area contributed by atoms with Crippen LogP contribution in [0.2, 0.25) is 0 Å². The van der Waals surface area contributed by atoms with Gasteiger partial charge in [-0.05, 0) is 18.2 Å². The summed E-state index contributed by atoms with van der Waals surface area (Å²) in [5, 5.41) is 15.0. The Labute approximate surface area is 175 Å². The number of rotatable bonds is 5. The highest BCUT2D eigenvalue weighted by atomic mass is 32.2. The van der Waals surface area contributed by atoms with Gasteiger partial charge in [-0.25, -0.2) is 22.9 Å². The number of carbonyl (C=O) groups is 3. The second-order valence-electron chi connectivity index (χ2n) is 6.80. The van der Waals surface area contributed by atoms with Crippen molar-refractivity contribution in [3.05, 3.63) is 30.6 Å². The molecule has 1 aromatic heterocycles. The van der Waals surface area contributed by atoms with Crippen LogP contribution in [-0.4, -0.2) is 72.1 Å². The van der Waals surface area contributed by atoms with Gasteiger partial charge in [0, 0.05) is 18.9 Å². The van der Waals surface area contributed by atoms with Crippen LogP contribution in [0.3, 0.4) is 0 Å². The van der Waals surface area contributed by atoms with Crippen LogP contribution in [0.4, 0.5) is 21.0 Å². The number of aromatic nitrogens is 2. The van der Waals surface area contributed by atoms with Crippen molar-refractivity contribution in [1.82, 2.24) is 14.7 Å². The number of hydrogen-bond donors (Lipinski definition) is 2. The zero-order valence-electron chi connectivity index (χ0n) is 16.1. The minimum Gasteiger partial charge on any atom is -0.484 e. The van der Waals surface area contributed by atoms with Crippen LogP contribution in [-0.2, 0) is 26.6 Å². The topological polar surface area (TPSA) is 160 Å². The van der Waals surface area contributed by atoms with Gasteiger partial charge in [-0.3, -0.25) is 19.1 Å². The number of nitrogens with zero attached hydrogens (tertiary/aromatic N) is 4. The van der Waals surface area contributed by atoms with Crippen LogP contribution in [0.15, 0.2) is 35.5 Å². The summed E-state index contributed by atoms with van der Waals surface area (Å²) in [6, 6.07) is 4.13. The van der Waals surface area contributed by atoms with Crippen LogP contribution in [0.5, 0.6) is 5.75 Å². The number of imide groups is 1. The van der Waals surface area contributed by atoms with Gasteiger partial charge in [0.15, 0.2) is 6.61 Å². The molecule has 0 radical (unpaired) electrons. The quantitative estimate of drug-likeness (QED) is 0.657. The zero-order chi connectivity index (χ0) is 22.3. The molecule has 0 saturated carbocycles. The fourth-order valence-electron chi connectivity index (χ4n) is 3.26. The molecule has 2 N–H and O–H groups in total. The summed E-state index contributed by atoms with van der Waals surface area (Å²) in [6.07, 6.45) is -0.531. The molecule has 4 rings (SSSR count). The van der Waals surface area contributed by atoms with Crippen molar-refractivity contribution >= 4 is 39.5 Å². The van der Waals surface area contributed by atoms with E-state index < -0.39 is 34.2 Å². The van der Waals surface area contributed by atoms with E-state index in [2.05, 4.69) is 15.2 Å². The molecular weight excluding hydrogens is 434 g/mol. The van der Waals surface area contributed by atoms with Gasteiger partial charge in [0.1, 0.15) is 16.7 Å². The molecule has 3 amide bonds. The number of amides is 3. The molecule has 1 fully saturated rings. The molecule has 13 nitrogen and oxygen atoms in total. The lowest BCUT2D eigenvalue weighted by Crippen LogP contribution is -2.49. The molecule has 14 heteroatoms. The van der Waals surface area contributed by atoms with Crippen LogP contribution >= 0.6 is 0 Å². The van der Waals surface area contributed by atoms with Crippen molar-refractivity contribution in [3.8, 4) is 5.75 Å². The Balaban J connectivity index is 1.72. The Bertz CT molecular complexity index is 1160. The van der Waals surface area contributed by atoms with E-state index in [4.69, 9.17) is 9.84 Å². The third kappa shape index (κ3) is 3.84. The maximum Gasteiger partial charge on any atom is 0.417 e. The van der Waals surface area contributed by atoms with Gasteiger partial charge < -0.3 is 14.6 Å². The van der Waals surface area contributed by atoms with Crippen molar-refractivity contribution in [2.45, 2.75) is 11.0 Å². The molecule has 0 unspecified atom stereocenters. The summed E-state index contributed by atoms with van der Waals surface area (Å²) >= 11 is 0. The van der Waals surface area contributed by atoms with Crippen molar-refractivity contribution in [3.63, 3.8) is 0 Å². The summed E-state index contributed by atoms with van der Waals surface area (Å²) in [6.45, 7) is -0.840. The molecule has 0 spiro atoms. The lowest BCUT2D eigenvalue weighted by atomic mass is 10.2. The number of sulfonamides is 1. The van der Waals surface area contributed by atoms with Crippen molar-refractivity contribution in [1.29, 1.82) is 0 Å². The van der Waals surface area contributed by atoms with E-state index in [0.29, 0.717) is 0 Å². The largest absolute Gasteiger partial charge is 0.484 e. The molecule has 0 bridgehead atoms. The Morgan fingerprint density at radius 1 is 1.35 bits per heavy atom. The lowest BCUT2D eigenvalue weighted by Gasteiger charge is -2.36. The monoisotopic (exact) mass is 451 g/mol. The second kappa shape index (κ2) is 7.46. The second-order valence-corrected chi connectivity index (χ2v) is 8.66. The SMILES string of the molecule is Cn1cc(S(=O)(=O)N2C[C@H](CN3C(=O)COC3=O)Oc3ccc(NC(=O)O)cc32)cn1. The van der Waals surface area contributed by atoms with Crippen LogP contribution in [0.1, 0.15) is 0 Å². The third-order valence-corrected chi connectivity index (χ3v) is 6.37. The van der Waals surface area contributed by atoms with Gasteiger partial charge in [0.05, 0.1) is 25.0 Å². The fraction of sp³-hybridized carbons (Fsp3) is 0.294. The van der Waals surface area contributed by atoms with E-state index in [1.165, 1.54) is 35.3 Å². The first kappa shape index (κ1) is 20.5. The van der Waals surface area contributed by atoms with E-state index in [1.807, 2.05) is 0 Å². The van der Waals surface area contributed by atoms with Crippen molar-refractivity contribution < 1.29 is 37.4 Å². The van der Waals surface area contributed by atoms with Crippen LogP contribution in [0, 0.1) is 0 Å². The molecule has 3 heterocycles. The highest BCUT2D eigenvalue weighted by Gasteiger charge is 2.39. The Morgan fingerprint density at radius 2 is 2.13 bits per heavy atom. The number of cyclic esters (lactones) is 1. The predicted molar refractivity (Wildman–Crippen MR) is 103 cm³/mol. The fourth-order valence-corrected chi connectivity index (χ4v) is 4.74. The molecule has 1 aromatic carbocycles. The van der Waals surface area contributed by atoms with E-state index in [0.717, 1.165) is 9.21 Å². The molecule has 164 valence electrons. The average Bonchev–Trinajstić information content (AvgIpc) is 3.28. The minimum absolute atomic E-state index is 0.0881. The maximum atomic E-state index is 13.3. The molecule has 2 aromatic rings. The number of hydrogen-bond acceptors (Lipinski definition) is 8. The van der Waals surface area contributed by atoms with Gasteiger partial charge in [-0.1, -0.05) is 0 Å². The molecule has 1 atom stereocenters. The number of carbonyl (C=O) groups excluding carboxylic acids is 2. The van der Waals surface area contributed by atoms with E-state index >= 15 is 0 Å². The number of fused-ring (bicyclic) bond motifs is 1. The van der Waals surface area contributed by atoms with E-state index in [1.54, 1.807) is 7.05 Å². The summed E-state index contributed by atoms with van der Waals surface area (Å²) in [5.41, 5.74) is 0.236. The first-order valence-electron chi connectivity index (χ1n) is 8.94. The smallest absolute Gasteiger partial charge is 0.417 e. The zero-order valence-corrected chi connectivity index (χ0v) is 16.9. The summed E-state index contributed by atoms with van der Waals surface area (Å²) in [5.74, 6) is -0.415. The summed E-state index contributed by atoms with van der Waals surface area (Å²) in [7, 11) is -2.55. The highest BCUT2D eigenvalue weighted by Crippen LogP contribution is 2.39. The summed E-state index contributed by atoms with van der Waals surface area (Å²) in [4.78, 5) is 35.4. The number of anilines is 2. The third-order valence-electron chi connectivity index (χ3n) is 4.64. The molecule has 0 aliphatic carbocycles. The normalized spacial score (nSPS) is 18.4. The Kier molecular flexibility index (Phi) is 4.93. The molecule has 1 saturated heterocycles. The van der Waals surface area contributed by atoms with Gasteiger partial charge >= 0.3 is 12.2 Å². The predicted octanol–water partition coefficient (Wildman–Crippen LogP) is 0.445. The molecule has 31 heavy (non-hydrogen) atoms.